The summed E-state index contributed by atoms with van der Waals surface area (Å²) in [6, 6.07) is -0.250. The molecule has 7 nitrogen and oxygen atoms in total. The molecule has 1 spiro atoms. The summed E-state index contributed by atoms with van der Waals surface area (Å²) in [5, 5.41) is 2.97. The Hall–Kier alpha value is -1.63. The number of esters is 1. The topological polar surface area (TPSA) is 80.2 Å². The number of nitrogens with zero attached hydrogens (tertiary/aromatic N) is 1. The van der Waals surface area contributed by atoms with Gasteiger partial charge in [0.05, 0.1) is 25.6 Å². The predicted octanol–water partition coefficient (Wildman–Crippen LogP) is 0.303. The first-order valence-corrected chi connectivity index (χ1v) is 9.59. The fraction of sp³-hybridized carbons (Fsp3) is 0.833. The number of amides is 3. The highest BCUT2D eigenvalue weighted by Gasteiger charge is 2.53. The molecule has 140 valence electrons. The lowest BCUT2D eigenvalue weighted by Crippen LogP contribution is -3.14. The molecule has 1 aliphatic carbocycles. The van der Waals surface area contributed by atoms with Gasteiger partial charge in [-0.05, 0) is 38.5 Å². The summed E-state index contributed by atoms with van der Waals surface area (Å²) in [7, 11) is 0. The van der Waals surface area contributed by atoms with Crippen LogP contribution >= 0.6 is 0 Å². The highest BCUT2D eigenvalue weighted by Crippen LogP contribution is 2.35. The van der Waals surface area contributed by atoms with E-state index in [1.165, 1.54) is 9.80 Å². The number of quaternary nitrogens is 1. The van der Waals surface area contributed by atoms with Gasteiger partial charge in [-0.1, -0.05) is 6.92 Å². The largest absolute Gasteiger partial charge is 0.466 e. The number of carbonyl (C=O) groups is 3. The Morgan fingerprint density at radius 1 is 1.24 bits per heavy atom. The quantitative estimate of drug-likeness (QED) is 0.563. The van der Waals surface area contributed by atoms with E-state index in [1.54, 1.807) is 0 Å². The number of hydrogen-bond donors (Lipinski definition) is 2. The number of ether oxygens (including phenoxy) is 1. The molecule has 2 N–H and O–H groups in total. The molecule has 0 aromatic carbocycles. The summed E-state index contributed by atoms with van der Waals surface area (Å²) in [6.07, 6.45) is 4.96. The number of rotatable bonds is 4. The molecule has 25 heavy (non-hydrogen) atoms. The zero-order valence-corrected chi connectivity index (χ0v) is 15.3. The lowest BCUT2D eigenvalue weighted by molar-refractivity contribution is -0.913. The van der Waals surface area contributed by atoms with Gasteiger partial charge in [-0.3, -0.25) is 9.59 Å². The molecule has 2 heterocycles. The van der Waals surface area contributed by atoms with Crippen LogP contribution in [0.25, 0.3) is 0 Å². The van der Waals surface area contributed by atoms with Crippen molar-refractivity contribution in [2.75, 3.05) is 26.4 Å². The Bertz CT molecular complexity index is 534. The lowest BCUT2D eigenvalue weighted by Gasteiger charge is -2.34. The van der Waals surface area contributed by atoms with Gasteiger partial charge in [-0.25, -0.2) is 9.69 Å². The molecule has 0 bridgehead atoms. The van der Waals surface area contributed by atoms with Gasteiger partial charge in [0.25, 0.3) is 5.91 Å². The second kappa shape index (κ2) is 7.32. The Morgan fingerprint density at radius 2 is 1.88 bits per heavy atom. The number of nitrogens with one attached hydrogen (secondary N) is 2. The van der Waals surface area contributed by atoms with E-state index in [9.17, 15) is 14.4 Å². The molecule has 0 radical (unpaired) electrons. The molecule has 1 saturated carbocycles. The van der Waals surface area contributed by atoms with Gasteiger partial charge in [0.1, 0.15) is 5.54 Å². The van der Waals surface area contributed by atoms with Crippen molar-refractivity contribution >= 4 is 17.9 Å². The molecule has 7 heteroatoms. The molecule has 2 aliphatic heterocycles. The first-order valence-electron chi connectivity index (χ1n) is 9.59. The number of carbonyl (C=O) groups excluding carboxylic acids is 3. The number of hydrogen-bond acceptors (Lipinski definition) is 4. The Labute approximate surface area is 149 Å². The minimum Gasteiger partial charge on any atom is -0.466 e. The summed E-state index contributed by atoms with van der Waals surface area (Å²) >= 11 is 0. The first kappa shape index (κ1) is 18.2. The molecule has 3 amide bonds. The predicted molar refractivity (Wildman–Crippen MR) is 90.7 cm³/mol. The molecule has 3 aliphatic rings. The van der Waals surface area contributed by atoms with E-state index in [0.717, 1.165) is 51.6 Å². The maximum atomic E-state index is 12.9. The van der Waals surface area contributed by atoms with Crippen LogP contribution in [0.3, 0.4) is 0 Å². The lowest BCUT2D eigenvalue weighted by atomic mass is 9.77. The fourth-order valence-electron chi connectivity index (χ4n) is 4.32. The van der Waals surface area contributed by atoms with Gasteiger partial charge in [-0.2, -0.15) is 0 Å². The molecule has 0 aromatic rings. The van der Waals surface area contributed by atoms with Crippen LogP contribution in [-0.4, -0.2) is 54.7 Å². The van der Waals surface area contributed by atoms with Crippen LogP contribution in [0.1, 0.15) is 52.4 Å². The summed E-state index contributed by atoms with van der Waals surface area (Å²) in [4.78, 5) is 39.7. The SMILES string of the molecule is CCOC(=O)C1CC[NH+](CN2C(=O)NC3(CCC(C)CC3)C2=O)CC1. The van der Waals surface area contributed by atoms with E-state index in [-0.39, 0.29) is 23.8 Å². The van der Waals surface area contributed by atoms with Crippen LogP contribution in [0.15, 0.2) is 0 Å². The first-order chi connectivity index (χ1) is 11.9. The number of imide groups is 1. The molecule has 3 fully saturated rings. The standard InChI is InChI=1S/C18H29N3O4/c1-3-25-15(22)14-6-10-20(11-7-14)12-21-16(23)18(19-17(21)24)8-4-13(2)5-9-18/h13-14H,3-12H2,1-2H3,(H,19,24)/p+1. The van der Waals surface area contributed by atoms with Crippen LogP contribution in [-0.2, 0) is 14.3 Å². The van der Waals surface area contributed by atoms with E-state index in [1.807, 2.05) is 6.92 Å². The van der Waals surface area contributed by atoms with Crippen molar-refractivity contribution in [3.8, 4) is 0 Å². The van der Waals surface area contributed by atoms with Crippen molar-refractivity contribution < 1.29 is 24.0 Å². The van der Waals surface area contributed by atoms with E-state index in [2.05, 4.69) is 12.2 Å². The third kappa shape index (κ3) is 3.66. The van der Waals surface area contributed by atoms with Crippen LogP contribution in [0.5, 0.6) is 0 Å². The highest BCUT2D eigenvalue weighted by atomic mass is 16.5. The van der Waals surface area contributed by atoms with Gasteiger partial charge in [0, 0.05) is 12.8 Å². The van der Waals surface area contributed by atoms with Crippen molar-refractivity contribution in [3.05, 3.63) is 0 Å². The van der Waals surface area contributed by atoms with Gasteiger partial charge in [0.2, 0.25) is 0 Å². The maximum Gasteiger partial charge on any atom is 0.329 e. The third-order valence-electron chi connectivity index (χ3n) is 6.07. The van der Waals surface area contributed by atoms with Gasteiger partial charge in [0.15, 0.2) is 6.67 Å². The zero-order valence-electron chi connectivity index (χ0n) is 15.3. The van der Waals surface area contributed by atoms with Gasteiger partial charge >= 0.3 is 12.0 Å². The van der Waals surface area contributed by atoms with Crippen LogP contribution < -0.4 is 10.2 Å². The molecular weight excluding hydrogens is 322 g/mol. The number of piperidine rings is 1. The van der Waals surface area contributed by atoms with Crippen molar-refractivity contribution in [2.45, 2.75) is 57.9 Å². The van der Waals surface area contributed by atoms with E-state index in [0.29, 0.717) is 19.2 Å². The van der Waals surface area contributed by atoms with Gasteiger partial charge < -0.3 is 15.0 Å². The number of urea groups is 1. The summed E-state index contributed by atoms with van der Waals surface area (Å²) in [6.45, 7) is 6.39. The monoisotopic (exact) mass is 352 g/mol. The van der Waals surface area contributed by atoms with E-state index in [4.69, 9.17) is 4.74 Å². The van der Waals surface area contributed by atoms with Crippen molar-refractivity contribution in [3.63, 3.8) is 0 Å². The second-order valence-corrected chi connectivity index (χ2v) is 7.86. The third-order valence-corrected chi connectivity index (χ3v) is 6.07. The van der Waals surface area contributed by atoms with E-state index >= 15 is 0 Å². The summed E-state index contributed by atoms with van der Waals surface area (Å²) in [5.41, 5.74) is -0.660. The van der Waals surface area contributed by atoms with Crippen molar-refractivity contribution in [1.29, 1.82) is 0 Å². The molecule has 2 saturated heterocycles. The molecule has 0 aromatic heterocycles. The minimum absolute atomic E-state index is 0.0435. The molecule has 0 atom stereocenters. The van der Waals surface area contributed by atoms with Crippen molar-refractivity contribution in [1.82, 2.24) is 10.2 Å². The Morgan fingerprint density at radius 3 is 2.48 bits per heavy atom. The smallest absolute Gasteiger partial charge is 0.329 e. The molecule has 3 rings (SSSR count). The zero-order chi connectivity index (χ0) is 18.0. The van der Waals surface area contributed by atoms with Crippen molar-refractivity contribution in [2.24, 2.45) is 11.8 Å². The molecular formula is C18H30N3O4+. The van der Waals surface area contributed by atoms with Crippen LogP contribution in [0, 0.1) is 11.8 Å². The maximum absolute atomic E-state index is 12.9. The van der Waals surface area contributed by atoms with Crippen LogP contribution in [0.4, 0.5) is 4.79 Å². The minimum atomic E-state index is -0.660. The Balaban J connectivity index is 1.54. The second-order valence-electron chi connectivity index (χ2n) is 7.86. The Kier molecular flexibility index (Phi) is 5.32. The fourth-order valence-corrected chi connectivity index (χ4v) is 4.32. The highest BCUT2D eigenvalue weighted by molar-refractivity contribution is 6.06. The molecule has 0 unspecified atom stereocenters. The number of likely N-dealkylation sites (tertiary alicyclic amines) is 1. The van der Waals surface area contributed by atoms with Crippen LogP contribution in [0.2, 0.25) is 0 Å². The normalized spacial score (nSPS) is 35.8. The average Bonchev–Trinajstić information content (AvgIpc) is 2.83. The summed E-state index contributed by atoms with van der Waals surface area (Å²) < 4.78 is 5.09. The average molecular weight is 352 g/mol. The summed E-state index contributed by atoms with van der Waals surface area (Å²) in [5.74, 6) is 0.408. The van der Waals surface area contributed by atoms with E-state index < -0.39 is 5.54 Å². The van der Waals surface area contributed by atoms with Gasteiger partial charge in [-0.15, -0.1) is 0 Å².